The second-order valence-corrected chi connectivity index (χ2v) is 9.83. The van der Waals surface area contributed by atoms with E-state index >= 15 is 0 Å². The van der Waals surface area contributed by atoms with Gasteiger partial charge in [-0.15, -0.1) is 0 Å². The van der Waals surface area contributed by atoms with Crippen LogP contribution in [-0.2, 0) is 10.1 Å². The van der Waals surface area contributed by atoms with Gasteiger partial charge in [0.1, 0.15) is 0 Å². The third-order valence-electron chi connectivity index (χ3n) is 5.46. The molecule has 0 aromatic rings. The first-order valence-electron chi connectivity index (χ1n) is 11.5. The van der Waals surface area contributed by atoms with Crippen LogP contribution >= 0.6 is 0 Å². The summed E-state index contributed by atoms with van der Waals surface area (Å²) in [4.78, 5) is 0. The van der Waals surface area contributed by atoms with Crippen LogP contribution in [0.3, 0.4) is 0 Å². The fourth-order valence-electron chi connectivity index (χ4n) is 3.64. The number of aliphatic hydroxyl groups excluding tert-OH is 1. The zero-order valence-electron chi connectivity index (χ0n) is 19.0. The first-order chi connectivity index (χ1) is 12.9. The molecule has 164 valence electrons. The molecule has 0 rings (SSSR count). The summed E-state index contributed by atoms with van der Waals surface area (Å²) in [5, 5.41) is 9.23. The second kappa shape index (κ2) is 21.1. The van der Waals surface area contributed by atoms with Crippen molar-refractivity contribution < 1.29 is 47.6 Å². The van der Waals surface area contributed by atoms with Crippen LogP contribution < -0.4 is 29.6 Å². The van der Waals surface area contributed by atoms with Crippen molar-refractivity contribution in [2.45, 2.75) is 141 Å². The van der Waals surface area contributed by atoms with Crippen molar-refractivity contribution in [1.29, 1.82) is 0 Å². The van der Waals surface area contributed by atoms with Crippen molar-refractivity contribution in [1.82, 2.24) is 0 Å². The Bertz CT molecular complexity index is 415. The summed E-state index contributed by atoms with van der Waals surface area (Å²) in [6.45, 7) is 4.40. The van der Waals surface area contributed by atoms with Crippen LogP contribution in [0.15, 0.2) is 0 Å². The van der Waals surface area contributed by atoms with Crippen LogP contribution in [0.1, 0.15) is 129 Å². The Labute approximate surface area is 197 Å². The molecule has 2 atom stereocenters. The van der Waals surface area contributed by atoms with Crippen LogP contribution in [-0.4, -0.2) is 29.4 Å². The Morgan fingerprint density at radius 2 is 1.04 bits per heavy atom. The van der Waals surface area contributed by atoms with E-state index < -0.39 is 21.5 Å². The molecule has 0 radical (unpaired) electrons. The average molecular weight is 429 g/mol. The van der Waals surface area contributed by atoms with E-state index in [1.54, 1.807) is 0 Å². The number of aliphatic hydroxyl groups is 1. The van der Waals surface area contributed by atoms with Crippen LogP contribution in [0, 0.1) is 0 Å². The topological polar surface area (TPSA) is 77.4 Å². The van der Waals surface area contributed by atoms with E-state index in [-0.39, 0.29) is 36.0 Å². The van der Waals surface area contributed by atoms with Gasteiger partial charge in [0.15, 0.2) is 0 Å². The maximum Gasteiger partial charge on any atom is 1.00 e. The Hall–Kier alpha value is 0.870. The molecule has 6 heteroatoms. The molecule has 0 aromatic heterocycles. The summed E-state index contributed by atoms with van der Waals surface area (Å²) in [5.41, 5.74) is 0. The Morgan fingerprint density at radius 1 is 0.679 bits per heavy atom. The molecule has 2 unspecified atom stereocenters. The summed E-state index contributed by atoms with van der Waals surface area (Å²) in [5.74, 6) is 0. The smallest absolute Gasteiger partial charge is 0.748 e. The zero-order chi connectivity index (χ0) is 20.4. The number of unbranched alkanes of at least 4 members (excludes halogenated alkanes) is 13. The third-order valence-corrected chi connectivity index (χ3v) is 6.71. The van der Waals surface area contributed by atoms with Crippen molar-refractivity contribution >= 4 is 10.1 Å². The minimum atomic E-state index is -4.32. The normalized spacial score (nSPS) is 13.9. The van der Waals surface area contributed by atoms with Crippen molar-refractivity contribution in [3.63, 3.8) is 0 Å². The molecule has 0 bridgehead atoms. The van der Waals surface area contributed by atoms with Crippen molar-refractivity contribution in [2.24, 2.45) is 0 Å². The standard InChI is InChI=1S/C22H46O4S.Na/c1-3-5-7-9-11-13-14-16-18-21(23)20-22(27(24,25)26)19-17-15-12-10-8-6-4-2;/h21-23H,3-20H2,1-2H3,(H,24,25,26);/q;+1/p-1. The van der Waals surface area contributed by atoms with Crippen LogP contribution in [0.5, 0.6) is 0 Å². The summed E-state index contributed by atoms with van der Waals surface area (Å²) in [6.07, 6.45) is 17.8. The minimum Gasteiger partial charge on any atom is -0.748 e. The molecule has 0 saturated carbocycles. The fraction of sp³-hybridized carbons (Fsp3) is 1.00. The van der Waals surface area contributed by atoms with Gasteiger partial charge in [0.2, 0.25) is 0 Å². The van der Waals surface area contributed by atoms with Gasteiger partial charge in [0, 0.05) is 0 Å². The fourth-order valence-corrected chi connectivity index (χ4v) is 4.56. The molecule has 0 spiro atoms. The van der Waals surface area contributed by atoms with E-state index in [1.807, 2.05) is 0 Å². The Morgan fingerprint density at radius 3 is 1.43 bits per heavy atom. The van der Waals surface area contributed by atoms with Crippen molar-refractivity contribution in [3.05, 3.63) is 0 Å². The first kappa shape index (κ1) is 31.1. The van der Waals surface area contributed by atoms with Crippen molar-refractivity contribution in [3.8, 4) is 0 Å². The van der Waals surface area contributed by atoms with E-state index in [4.69, 9.17) is 0 Å². The monoisotopic (exact) mass is 428 g/mol. The van der Waals surface area contributed by atoms with E-state index in [9.17, 15) is 18.1 Å². The van der Waals surface area contributed by atoms with Crippen LogP contribution in [0.2, 0.25) is 0 Å². The maximum absolute atomic E-state index is 11.5. The average Bonchev–Trinajstić information content (AvgIpc) is 2.61. The van der Waals surface area contributed by atoms with Crippen LogP contribution in [0.4, 0.5) is 0 Å². The molecule has 0 saturated heterocycles. The van der Waals surface area contributed by atoms with Gasteiger partial charge in [-0.1, -0.05) is 110 Å². The van der Waals surface area contributed by atoms with E-state index in [0.717, 1.165) is 32.1 Å². The van der Waals surface area contributed by atoms with Gasteiger partial charge in [-0.3, -0.25) is 0 Å². The summed E-state index contributed by atoms with van der Waals surface area (Å²) in [6, 6.07) is 0. The van der Waals surface area contributed by atoms with Gasteiger partial charge in [0.25, 0.3) is 0 Å². The third kappa shape index (κ3) is 20.2. The quantitative estimate of drug-likeness (QED) is 0.183. The SMILES string of the molecule is CCCCCCCCCCC(O)CC(CCCCCCCCC)S(=O)(=O)[O-].[Na+]. The van der Waals surface area contributed by atoms with Gasteiger partial charge in [0.05, 0.1) is 21.5 Å². The van der Waals surface area contributed by atoms with Gasteiger partial charge < -0.3 is 9.66 Å². The summed E-state index contributed by atoms with van der Waals surface area (Å²) >= 11 is 0. The van der Waals surface area contributed by atoms with Gasteiger partial charge in [-0.2, -0.15) is 0 Å². The van der Waals surface area contributed by atoms with Gasteiger partial charge >= 0.3 is 29.6 Å². The summed E-state index contributed by atoms with van der Waals surface area (Å²) < 4.78 is 34.5. The Balaban J connectivity index is 0. The molecule has 0 heterocycles. The minimum absolute atomic E-state index is 0. The molecule has 0 aliphatic rings. The van der Waals surface area contributed by atoms with Gasteiger partial charge in [-0.25, -0.2) is 8.42 Å². The largest absolute Gasteiger partial charge is 1.00 e. The second-order valence-electron chi connectivity index (χ2n) is 8.18. The van der Waals surface area contributed by atoms with Crippen LogP contribution in [0.25, 0.3) is 0 Å². The van der Waals surface area contributed by atoms with E-state index in [2.05, 4.69) is 13.8 Å². The van der Waals surface area contributed by atoms with Gasteiger partial charge in [-0.05, 0) is 19.3 Å². The molecule has 0 aliphatic carbocycles. The number of hydrogen-bond donors (Lipinski definition) is 1. The van der Waals surface area contributed by atoms with E-state index in [0.29, 0.717) is 12.8 Å². The van der Waals surface area contributed by atoms with Crippen molar-refractivity contribution in [2.75, 3.05) is 0 Å². The first-order valence-corrected chi connectivity index (χ1v) is 13.0. The number of rotatable bonds is 20. The Kier molecular flexibility index (Phi) is 23.4. The molecule has 0 aromatic carbocycles. The molecule has 4 nitrogen and oxygen atoms in total. The molecule has 0 aliphatic heterocycles. The molecular formula is C22H45NaO4S. The molecule has 28 heavy (non-hydrogen) atoms. The maximum atomic E-state index is 11.5. The van der Waals surface area contributed by atoms with E-state index in [1.165, 1.54) is 64.2 Å². The predicted molar refractivity (Wildman–Crippen MR) is 114 cm³/mol. The molecule has 0 fully saturated rings. The predicted octanol–water partition coefficient (Wildman–Crippen LogP) is 3.33. The molecule has 0 amide bonds. The molecule has 1 N–H and O–H groups in total. The summed E-state index contributed by atoms with van der Waals surface area (Å²) in [7, 11) is -4.32. The zero-order valence-corrected chi connectivity index (χ0v) is 21.8. The molecular weight excluding hydrogens is 383 g/mol. The number of hydrogen-bond acceptors (Lipinski definition) is 4.